The predicted molar refractivity (Wildman–Crippen MR) is 131 cm³/mol. The van der Waals surface area contributed by atoms with Crippen LogP contribution in [0.1, 0.15) is 169 Å². The van der Waals surface area contributed by atoms with Gasteiger partial charge in [0.2, 0.25) is 0 Å². The fourth-order valence-corrected chi connectivity index (χ4v) is 4.71. The van der Waals surface area contributed by atoms with E-state index in [4.69, 9.17) is 0 Å². The molecule has 0 spiro atoms. The zero-order valence-corrected chi connectivity index (χ0v) is 20.7. The minimum Gasteiger partial charge on any atom is -0.0654 e. The maximum Gasteiger partial charge on any atom is -0.0440 e. The van der Waals surface area contributed by atoms with E-state index in [0.29, 0.717) is 0 Å². The zero-order valence-electron chi connectivity index (χ0n) is 20.7. The van der Waals surface area contributed by atoms with Crippen LogP contribution in [0.25, 0.3) is 0 Å². The Bertz CT molecular complexity index is 269. The van der Waals surface area contributed by atoms with Gasteiger partial charge in [0.15, 0.2) is 0 Å². The molecule has 0 amide bonds. The van der Waals surface area contributed by atoms with Crippen LogP contribution in [0, 0.1) is 11.8 Å². The van der Waals surface area contributed by atoms with Gasteiger partial charge in [0.25, 0.3) is 0 Å². The average molecular weight is 395 g/mol. The van der Waals surface area contributed by atoms with E-state index in [1.807, 2.05) is 0 Å². The van der Waals surface area contributed by atoms with Gasteiger partial charge in [-0.05, 0) is 18.3 Å². The van der Waals surface area contributed by atoms with Crippen LogP contribution in [0.4, 0.5) is 0 Å². The summed E-state index contributed by atoms with van der Waals surface area (Å²) in [6, 6.07) is 0. The minimum atomic E-state index is 0.947. The fourth-order valence-electron chi connectivity index (χ4n) is 4.71. The second kappa shape index (κ2) is 23.3. The third-order valence-electron chi connectivity index (χ3n) is 6.66. The molecule has 0 aromatic heterocycles. The van der Waals surface area contributed by atoms with Gasteiger partial charge in [0.05, 0.1) is 0 Å². The molecule has 0 aliphatic heterocycles. The van der Waals surface area contributed by atoms with Crippen molar-refractivity contribution in [2.75, 3.05) is 0 Å². The van der Waals surface area contributed by atoms with Gasteiger partial charge in [-0.3, -0.25) is 0 Å². The first-order valence-electron chi connectivity index (χ1n) is 13.7. The molecule has 170 valence electrons. The fraction of sp³-hybridized carbons (Fsp3) is 1.00. The van der Waals surface area contributed by atoms with Crippen molar-refractivity contribution in [1.29, 1.82) is 0 Å². The summed E-state index contributed by atoms with van der Waals surface area (Å²) in [5.74, 6) is 1.89. The van der Waals surface area contributed by atoms with Crippen LogP contribution < -0.4 is 0 Å². The highest BCUT2D eigenvalue weighted by atomic mass is 14.1. The molecule has 0 saturated carbocycles. The van der Waals surface area contributed by atoms with Gasteiger partial charge in [-0.25, -0.2) is 0 Å². The standard InChI is InChI=1S/C28H58/c1-5-7-9-11-13-14-15-16-17-19-21-23-25-28(4)26-27(3)24-22-20-18-12-10-8-6-2/h27-28H,5-26H2,1-4H3. The Morgan fingerprint density at radius 3 is 0.893 bits per heavy atom. The predicted octanol–water partition coefficient (Wildman–Crippen LogP) is 10.9. The normalized spacial score (nSPS) is 13.7. The lowest BCUT2D eigenvalue weighted by Gasteiger charge is -2.17. The Morgan fingerprint density at radius 1 is 0.357 bits per heavy atom. The molecule has 0 N–H and O–H groups in total. The van der Waals surface area contributed by atoms with E-state index >= 15 is 0 Å². The van der Waals surface area contributed by atoms with E-state index in [-0.39, 0.29) is 0 Å². The molecule has 0 heterocycles. The smallest absolute Gasteiger partial charge is 0.0440 e. The summed E-state index contributed by atoms with van der Waals surface area (Å²) in [4.78, 5) is 0. The zero-order chi connectivity index (χ0) is 20.7. The Hall–Kier alpha value is 0. The molecule has 0 fully saturated rings. The molecule has 0 aliphatic rings. The van der Waals surface area contributed by atoms with Crippen LogP contribution in [0.5, 0.6) is 0 Å². The number of unbranched alkanes of at least 4 members (excludes halogenated alkanes) is 17. The highest BCUT2D eigenvalue weighted by molar-refractivity contribution is 4.61. The van der Waals surface area contributed by atoms with Gasteiger partial charge in [-0.1, -0.05) is 163 Å². The molecule has 0 saturated heterocycles. The van der Waals surface area contributed by atoms with Crippen molar-refractivity contribution >= 4 is 0 Å². The second-order valence-corrected chi connectivity index (χ2v) is 10.0. The first kappa shape index (κ1) is 28.0. The summed E-state index contributed by atoms with van der Waals surface area (Å²) in [6.45, 7) is 9.61. The van der Waals surface area contributed by atoms with E-state index in [1.54, 1.807) is 0 Å². The Balaban J connectivity index is 3.28. The highest BCUT2D eigenvalue weighted by Crippen LogP contribution is 2.23. The Morgan fingerprint density at radius 2 is 0.607 bits per heavy atom. The summed E-state index contributed by atoms with van der Waals surface area (Å²) >= 11 is 0. The van der Waals surface area contributed by atoms with Gasteiger partial charge in [-0.15, -0.1) is 0 Å². The van der Waals surface area contributed by atoms with Crippen LogP contribution in [-0.2, 0) is 0 Å². The number of hydrogen-bond donors (Lipinski definition) is 0. The monoisotopic (exact) mass is 394 g/mol. The van der Waals surface area contributed by atoms with Gasteiger partial charge in [0.1, 0.15) is 0 Å². The maximum absolute atomic E-state index is 2.50. The molecule has 0 heteroatoms. The van der Waals surface area contributed by atoms with Crippen molar-refractivity contribution < 1.29 is 0 Å². The minimum absolute atomic E-state index is 0.947. The third kappa shape index (κ3) is 22.3. The van der Waals surface area contributed by atoms with Crippen LogP contribution in [0.15, 0.2) is 0 Å². The molecule has 28 heavy (non-hydrogen) atoms. The van der Waals surface area contributed by atoms with Crippen LogP contribution >= 0.6 is 0 Å². The van der Waals surface area contributed by atoms with E-state index in [2.05, 4.69) is 27.7 Å². The molecule has 0 radical (unpaired) electrons. The lowest BCUT2D eigenvalue weighted by Crippen LogP contribution is -2.03. The largest absolute Gasteiger partial charge is 0.0654 e. The lowest BCUT2D eigenvalue weighted by molar-refractivity contribution is 0.356. The van der Waals surface area contributed by atoms with Crippen molar-refractivity contribution in [3.63, 3.8) is 0 Å². The quantitative estimate of drug-likeness (QED) is 0.151. The molecular weight excluding hydrogens is 336 g/mol. The molecule has 0 aromatic rings. The summed E-state index contributed by atoms with van der Waals surface area (Å²) in [5, 5.41) is 0. The molecule has 2 unspecified atom stereocenters. The van der Waals surface area contributed by atoms with Crippen molar-refractivity contribution in [2.45, 2.75) is 169 Å². The Labute approximate surface area is 181 Å². The molecule has 0 aromatic carbocycles. The first-order valence-corrected chi connectivity index (χ1v) is 13.7. The average Bonchev–Trinajstić information content (AvgIpc) is 2.68. The van der Waals surface area contributed by atoms with Gasteiger partial charge < -0.3 is 0 Å². The van der Waals surface area contributed by atoms with E-state index in [1.165, 1.54) is 141 Å². The first-order chi connectivity index (χ1) is 13.7. The molecule has 0 aliphatic carbocycles. The van der Waals surface area contributed by atoms with Crippen molar-refractivity contribution in [3.8, 4) is 0 Å². The third-order valence-corrected chi connectivity index (χ3v) is 6.66. The van der Waals surface area contributed by atoms with E-state index in [9.17, 15) is 0 Å². The van der Waals surface area contributed by atoms with E-state index in [0.717, 1.165) is 11.8 Å². The molecule has 0 rings (SSSR count). The van der Waals surface area contributed by atoms with Gasteiger partial charge in [0, 0.05) is 0 Å². The summed E-state index contributed by atoms with van der Waals surface area (Å²) in [5.41, 5.74) is 0. The van der Waals surface area contributed by atoms with Gasteiger partial charge >= 0.3 is 0 Å². The van der Waals surface area contributed by atoms with Crippen LogP contribution in [-0.4, -0.2) is 0 Å². The lowest BCUT2D eigenvalue weighted by atomic mass is 9.89. The van der Waals surface area contributed by atoms with Crippen LogP contribution in [0.2, 0.25) is 0 Å². The SMILES string of the molecule is CCCCCCCCCCCCCCC(C)CC(C)CCCCCCCCC. The van der Waals surface area contributed by atoms with Gasteiger partial charge in [-0.2, -0.15) is 0 Å². The summed E-state index contributed by atoms with van der Waals surface area (Å²) in [7, 11) is 0. The molecular formula is C28H58. The highest BCUT2D eigenvalue weighted by Gasteiger charge is 2.08. The second-order valence-electron chi connectivity index (χ2n) is 10.0. The molecule has 2 atom stereocenters. The molecule has 0 bridgehead atoms. The topological polar surface area (TPSA) is 0 Å². The maximum atomic E-state index is 2.50. The summed E-state index contributed by atoms with van der Waals surface area (Å²) in [6.07, 6.45) is 32.2. The van der Waals surface area contributed by atoms with Crippen LogP contribution in [0.3, 0.4) is 0 Å². The van der Waals surface area contributed by atoms with Crippen molar-refractivity contribution in [2.24, 2.45) is 11.8 Å². The number of rotatable bonds is 23. The molecule has 0 nitrogen and oxygen atoms in total. The summed E-state index contributed by atoms with van der Waals surface area (Å²) < 4.78 is 0. The van der Waals surface area contributed by atoms with Crippen molar-refractivity contribution in [3.05, 3.63) is 0 Å². The van der Waals surface area contributed by atoms with Crippen molar-refractivity contribution in [1.82, 2.24) is 0 Å². The number of hydrogen-bond acceptors (Lipinski definition) is 0. The Kier molecular flexibility index (Phi) is 23.3. The van der Waals surface area contributed by atoms with E-state index < -0.39 is 0 Å².